The maximum Gasteiger partial charge on any atom is 0.119 e. The van der Waals surface area contributed by atoms with Crippen LogP contribution >= 0.6 is 0 Å². The summed E-state index contributed by atoms with van der Waals surface area (Å²) in [6.07, 6.45) is 0. The third-order valence-electron chi connectivity index (χ3n) is 3.46. The van der Waals surface area contributed by atoms with Gasteiger partial charge in [-0.25, -0.2) is 0 Å². The Morgan fingerprint density at radius 1 is 1.24 bits per heavy atom. The summed E-state index contributed by atoms with van der Waals surface area (Å²) in [7, 11) is 4.10. The molecule has 0 heterocycles. The molecule has 0 radical (unpaired) electrons. The molecule has 0 amide bonds. The second-order valence-corrected chi connectivity index (χ2v) is 5.03. The van der Waals surface area contributed by atoms with Gasteiger partial charge in [0, 0.05) is 11.6 Å². The van der Waals surface area contributed by atoms with Gasteiger partial charge in [-0.2, -0.15) is 0 Å². The maximum absolute atomic E-state index is 6.32. The molecule has 0 aliphatic carbocycles. The van der Waals surface area contributed by atoms with Crippen molar-refractivity contribution in [2.24, 2.45) is 5.73 Å². The number of nitrogens with two attached hydrogens (primary N) is 1. The fourth-order valence-electron chi connectivity index (χ4n) is 1.62. The molecule has 0 saturated heterocycles. The summed E-state index contributed by atoms with van der Waals surface area (Å²) >= 11 is 0. The monoisotopic (exact) mass is 236 g/mol. The highest BCUT2D eigenvalue weighted by atomic mass is 16.5. The van der Waals surface area contributed by atoms with E-state index in [9.17, 15) is 0 Å². The van der Waals surface area contributed by atoms with Crippen molar-refractivity contribution in [3.63, 3.8) is 0 Å². The lowest BCUT2D eigenvalue weighted by atomic mass is 9.88. The Balaban J connectivity index is 2.86. The van der Waals surface area contributed by atoms with Crippen molar-refractivity contribution in [1.82, 2.24) is 4.90 Å². The Morgan fingerprint density at radius 2 is 1.76 bits per heavy atom. The van der Waals surface area contributed by atoms with Crippen LogP contribution in [0.15, 0.2) is 24.3 Å². The van der Waals surface area contributed by atoms with Gasteiger partial charge in [0.05, 0.1) is 6.61 Å². The van der Waals surface area contributed by atoms with Crippen LogP contribution in [0.25, 0.3) is 0 Å². The normalized spacial score (nSPS) is 13.8. The van der Waals surface area contributed by atoms with Gasteiger partial charge in [0.2, 0.25) is 0 Å². The summed E-state index contributed by atoms with van der Waals surface area (Å²) < 4.78 is 5.42. The summed E-state index contributed by atoms with van der Waals surface area (Å²) in [4.78, 5) is 2.15. The number of nitrogens with zero attached hydrogens (tertiary/aromatic N) is 1. The molecular weight excluding hydrogens is 212 g/mol. The van der Waals surface area contributed by atoms with E-state index < -0.39 is 0 Å². The zero-order valence-corrected chi connectivity index (χ0v) is 11.5. The Hall–Kier alpha value is -1.06. The van der Waals surface area contributed by atoms with Gasteiger partial charge in [-0.1, -0.05) is 12.1 Å². The SMILES string of the molecule is CCOc1ccc(C(N)C(C)(C)N(C)C)cc1. The number of rotatable bonds is 5. The molecule has 3 heteroatoms. The average Bonchev–Trinajstić information content (AvgIpc) is 2.29. The fourth-order valence-corrected chi connectivity index (χ4v) is 1.62. The molecule has 1 unspecified atom stereocenters. The minimum Gasteiger partial charge on any atom is -0.494 e. The summed E-state index contributed by atoms with van der Waals surface area (Å²) in [5.74, 6) is 0.895. The van der Waals surface area contributed by atoms with Crippen LogP contribution in [0.4, 0.5) is 0 Å². The molecular formula is C14H24N2O. The van der Waals surface area contributed by atoms with Crippen molar-refractivity contribution >= 4 is 0 Å². The van der Waals surface area contributed by atoms with Crippen LogP contribution in [0.1, 0.15) is 32.4 Å². The summed E-state index contributed by atoms with van der Waals surface area (Å²) in [6.45, 7) is 6.96. The van der Waals surface area contributed by atoms with Crippen molar-refractivity contribution < 1.29 is 4.74 Å². The lowest BCUT2D eigenvalue weighted by Crippen LogP contribution is -2.47. The number of likely N-dealkylation sites (N-methyl/N-ethyl adjacent to an activating group) is 1. The topological polar surface area (TPSA) is 38.5 Å². The van der Waals surface area contributed by atoms with Crippen molar-refractivity contribution in [2.45, 2.75) is 32.4 Å². The first-order valence-electron chi connectivity index (χ1n) is 6.05. The van der Waals surface area contributed by atoms with E-state index in [4.69, 9.17) is 10.5 Å². The van der Waals surface area contributed by atoms with Crippen LogP contribution in [0, 0.1) is 0 Å². The molecule has 0 aliphatic rings. The van der Waals surface area contributed by atoms with Gasteiger partial charge in [-0.15, -0.1) is 0 Å². The molecule has 0 spiro atoms. The van der Waals surface area contributed by atoms with Crippen molar-refractivity contribution in [1.29, 1.82) is 0 Å². The van der Waals surface area contributed by atoms with E-state index in [0.717, 1.165) is 11.3 Å². The molecule has 1 rings (SSSR count). The fraction of sp³-hybridized carbons (Fsp3) is 0.571. The Labute approximate surface area is 105 Å². The Kier molecular flexibility index (Phi) is 4.54. The van der Waals surface area contributed by atoms with E-state index >= 15 is 0 Å². The van der Waals surface area contributed by atoms with Crippen LogP contribution < -0.4 is 10.5 Å². The highest BCUT2D eigenvalue weighted by molar-refractivity contribution is 5.30. The number of ether oxygens (including phenoxy) is 1. The Morgan fingerprint density at radius 3 is 2.18 bits per heavy atom. The van der Waals surface area contributed by atoms with Gasteiger partial charge in [-0.05, 0) is 52.6 Å². The van der Waals surface area contributed by atoms with Gasteiger partial charge in [0.25, 0.3) is 0 Å². The molecule has 96 valence electrons. The van der Waals surface area contributed by atoms with Gasteiger partial charge < -0.3 is 15.4 Å². The smallest absolute Gasteiger partial charge is 0.119 e. The van der Waals surface area contributed by atoms with E-state index in [1.165, 1.54) is 0 Å². The molecule has 3 nitrogen and oxygen atoms in total. The third kappa shape index (κ3) is 3.20. The van der Waals surface area contributed by atoms with E-state index in [-0.39, 0.29) is 11.6 Å². The predicted molar refractivity (Wildman–Crippen MR) is 72.3 cm³/mol. The van der Waals surface area contributed by atoms with Crippen molar-refractivity contribution in [3.8, 4) is 5.75 Å². The molecule has 1 aromatic carbocycles. The van der Waals surface area contributed by atoms with E-state index in [1.807, 2.05) is 31.2 Å². The second-order valence-electron chi connectivity index (χ2n) is 5.03. The molecule has 0 aliphatic heterocycles. The standard InChI is InChI=1S/C14H24N2O/c1-6-17-12-9-7-11(8-10-12)13(15)14(2,3)16(4)5/h7-10,13H,6,15H2,1-5H3. The number of benzene rings is 1. The number of hydrogen-bond donors (Lipinski definition) is 1. The van der Waals surface area contributed by atoms with Gasteiger partial charge in [0.15, 0.2) is 0 Å². The largest absolute Gasteiger partial charge is 0.494 e. The number of hydrogen-bond acceptors (Lipinski definition) is 3. The molecule has 0 fully saturated rings. The first kappa shape index (κ1) is 14.0. The predicted octanol–water partition coefficient (Wildman–Crippen LogP) is 2.43. The van der Waals surface area contributed by atoms with Crippen LogP contribution in [0.2, 0.25) is 0 Å². The average molecular weight is 236 g/mol. The van der Waals surface area contributed by atoms with Crippen molar-refractivity contribution in [2.75, 3.05) is 20.7 Å². The molecule has 17 heavy (non-hydrogen) atoms. The maximum atomic E-state index is 6.32. The highest BCUT2D eigenvalue weighted by Gasteiger charge is 2.29. The molecule has 0 aromatic heterocycles. The minimum absolute atomic E-state index is 0.0202. The summed E-state index contributed by atoms with van der Waals surface area (Å²) in [5, 5.41) is 0. The molecule has 0 saturated carbocycles. The third-order valence-corrected chi connectivity index (χ3v) is 3.46. The zero-order chi connectivity index (χ0) is 13.1. The Bertz CT molecular complexity index is 344. The summed E-state index contributed by atoms with van der Waals surface area (Å²) in [5.41, 5.74) is 7.37. The van der Waals surface area contributed by atoms with Crippen LogP contribution in [-0.4, -0.2) is 31.1 Å². The minimum atomic E-state index is -0.0763. The van der Waals surface area contributed by atoms with Crippen LogP contribution in [0.5, 0.6) is 5.75 Å². The van der Waals surface area contributed by atoms with E-state index in [2.05, 4.69) is 32.8 Å². The van der Waals surface area contributed by atoms with Gasteiger partial charge in [0.1, 0.15) is 5.75 Å². The zero-order valence-electron chi connectivity index (χ0n) is 11.5. The first-order chi connectivity index (χ1) is 7.89. The molecule has 0 bridgehead atoms. The molecule has 1 aromatic rings. The van der Waals surface area contributed by atoms with Crippen LogP contribution in [0.3, 0.4) is 0 Å². The second kappa shape index (κ2) is 5.52. The van der Waals surface area contributed by atoms with Crippen molar-refractivity contribution in [3.05, 3.63) is 29.8 Å². The highest BCUT2D eigenvalue weighted by Crippen LogP contribution is 2.28. The van der Waals surface area contributed by atoms with Gasteiger partial charge >= 0.3 is 0 Å². The summed E-state index contributed by atoms with van der Waals surface area (Å²) in [6, 6.07) is 8.02. The van der Waals surface area contributed by atoms with E-state index in [0.29, 0.717) is 6.61 Å². The first-order valence-corrected chi connectivity index (χ1v) is 6.05. The van der Waals surface area contributed by atoms with E-state index in [1.54, 1.807) is 0 Å². The lowest BCUT2D eigenvalue weighted by Gasteiger charge is -2.38. The lowest BCUT2D eigenvalue weighted by molar-refractivity contribution is 0.159. The quantitative estimate of drug-likeness (QED) is 0.853. The molecule has 2 N–H and O–H groups in total. The molecule has 1 atom stereocenters. The van der Waals surface area contributed by atoms with Gasteiger partial charge in [-0.3, -0.25) is 0 Å². The van der Waals surface area contributed by atoms with Crippen LogP contribution in [-0.2, 0) is 0 Å².